The first kappa shape index (κ1) is 11.0. The summed E-state index contributed by atoms with van der Waals surface area (Å²) in [6.07, 6.45) is 1.24. The van der Waals surface area contributed by atoms with Crippen molar-refractivity contribution in [2.45, 2.75) is 13.0 Å². The van der Waals surface area contributed by atoms with Crippen molar-refractivity contribution in [3.63, 3.8) is 0 Å². The van der Waals surface area contributed by atoms with Crippen LogP contribution in [-0.2, 0) is 9.53 Å². The highest BCUT2D eigenvalue weighted by Crippen LogP contribution is 2.20. The quantitative estimate of drug-likeness (QED) is 0.612. The topological polar surface area (TPSA) is 26.3 Å². The molecule has 1 atom stereocenters. The smallest absolute Gasteiger partial charge is 0.303 e. The number of rotatable bonds is 3. The summed E-state index contributed by atoms with van der Waals surface area (Å²) in [6.45, 7) is 5.01. The third-order valence-corrected chi connectivity index (χ3v) is 2.23. The zero-order valence-electron chi connectivity index (χ0n) is 7.87. The van der Waals surface area contributed by atoms with E-state index >= 15 is 0 Å². The zero-order valence-corrected chi connectivity index (χ0v) is 9.45. The van der Waals surface area contributed by atoms with E-state index in [4.69, 9.17) is 4.74 Å². The molecule has 0 aromatic heterocycles. The predicted molar refractivity (Wildman–Crippen MR) is 58.8 cm³/mol. The minimum Gasteiger partial charge on any atom is -0.453 e. The molecule has 14 heavy (non-hydrogen) atoms. The molecular formula is C11H11BrO2. The third kappa shape index (κ3) is 3.00. The first-order chi connectivity index (χ1) is 6.63. The van der Waals surface area contributed by atoms with Gasteiger partial charge in [-0.15, -0.1) is 0 Å². The number of esters is 1. The minimum atomic E-state index is -0.361. The maximum Gasteiger partial charge on any atom is 0.303 e. The molecule has 0 saturated carbocycles. The van der Waals surface area contributed by atoms with E-state index in [-0.39, 0.29) is 12.1 Å². The van der Waals surface area contributed by atoms with E-state index < -0.39 is 0 Å². The van der Waals surface area contributed by atoms with E-state index in [1.54, 1.807) is 6.08 Å². The van der Waals surface area contributed by atoms with Crippen LogP contribution in [0.1, 0.15) is 18.6 Å². The van der Waals surface area contributed by atoms with Crippen LogP contribution < -0.4 is 0 Å². The van der Waals surface area contributed by atoms with Gasteiger partial charge in [0.15, 0.2) is 0 Å². The van der Waals surface area contributed by atoms with Gasteiger partial charge in [0.1, 0.15) is 6.10 Å². The van der Waals surface area contributed by atoms with Gasteiger partial charge in [-0.2, -0.15) is 0 Å². The SMILES string of the molecule is C=C[C@@H](OC(C)=O)c1ccc(Br)cc1. The molecule has 1 aromatic rings. The monoisotopic (exact) mass is 254 g/mol. The van der Waals surface area contributed by atoms with Crippen LogP contribution >= 0.6 is 15.9 Å². The number of ether oxygens (including phenoxy) is 1. The van der Waals surface area contributed by atoms with E-state index in [1.807, 2.05) is 24.3 Å². The predicted octanol–water partition coefficient (Wildman–Crippen LogP) is 3.24. The molecule has 0 spiro atoms. The molecule has 1 rings (SSSR count). The van der Waals surface area contributed by atoms with Crippen molar-refractivity contribution in [1.29, 1.82) is 0 Å². The van der Waals surface area contributed by atoms with Crippen molar-refractivity contribution in [2.24, 2.45) is 0 Å². The van der Waals surface area contributed by atoms with Crippen molar-refractivity contribution >= 4 is 21.9 Å². The van der Waals surface area contributed by atoms with E-state index in [0.29, 0.717) is 0 Å². The van der Waals surface area contributed by atoms with Gasteiger partial charge in [-0.05, 0) is 23.8 Å². The summed E-state index contributed by atoms with van der Waals surface area (Å²) >= 11 is 3.33. The van der Waals surface area contributed by atoms with E-state index in [1.165, 1.54) is 6.92 Å². The number of benzene rings is 1. The normalized spacial score (nSPS) is 11.9. The Labute approximate surface area is 91.7 Å². The molecular weight excluding hydrogens is 244 g/mol. The maximum absolute atomic E-state index is 10.8. The highest BCUT2D eigenvalue weighted by atomic mass is 79.9. The molecule has 0 amide bonds. The molecule has 0 N–H and O–H groups in total. The van der Waals surface area contributed by atoms with Gasteiger partial charge in [0.25, 0.3) is 0 Å². The summed E-state index contributed by atoms with van der Waals surface area (Å²) in [5, 5.41) is 0. The van der Waals surface area contributed by atoms with Gasteiger partial charge < -0.3 is 4.74 Å². The molecule has 2 nitrogen and oxygen atoms in total. The average Bonchev–Trinajstić information content (AvgIpc) is 2.15. The lowest BCUT2D eigenvalue weighted by atomic mass is 10.1. The van der Waals surface area contributed by atoms with Crippen LogP contribution in [0.4, 0.5) is 0 Å². The van der Waals surface area contributed by atoms with Crippen LogP contribution in [0, 0.1) is 0 Å². The van der Waals surface area contributed by atoms with E-state index in [9.17, 15) is 4.79 Å². The highest BCUT2D eigenvalue weighted by molar-refractivity contribution is 9.10. The summed E-state index contributed by atoms with van der Waals surface area (Å²) in [7, 11) is 0. The van der Waals surface area contributed by atoms with Crippen LogP contribution in [0.3, 0.4) is 0 Å². The van der Waals surface area contributed by atoms with Crippen molar-refractivity contribution in [3.05, 3.63) is 47.0 Å². The molecule has 0 heterocycles. The lowest BCUT2D eigenvalue weighted by Gasteiger charge is -2.12. The van der Waals surface area contributed by atoms with E-state index in [2.05, 4.69) is 22.5 Å². The third-order valence-electron chi connectivity index (χ3n) is 1.71. The van der Waals surface area contributed by atoms with Gasteiger partial charge in [0, 0.05) is 11.4 Å². The van der Waals surface area contributed by atoms with Gasteiger partial charge in [-0.1, -0.05) is 34.6 Å². The van der Waals surface area contributed by atoms with Crippen LogP contribution in [0.15, 0.2) is 41.4 Å². The van der Waals surface area contributed by atoms with Crippen LogP contribution in [-0.4, -0.2) is 5.97 Å². The first-order valence-corrected chi connectivity index (χ1v) is 4.98. The Bertz CT molecular complexity index is 330. The molecule has 0 unspecified atom stereocenters. The Kier molecular flexibility index (Phi) is 3.89. The molecule has 1 aromatic carbocycles. The summed E-state index contributed by atoms with van der Waals surface area (Å²) in [5.41, 5.74) is 0.915. The fraction of sp³-hybridized carbons (Fsp3) is 0.182. The van der Waals surface area contributed by atoms with Gasteiger partial charge >= 0.3 is 5.97 Å². The standard InChI is InChI=1S/C11H11BrO2/c1-3-11(14-8(2)13)9-4-6-10(12)7-5-9/h3-7,11H,1H2,2H3/t11-/m1/s1. The molecule has 0 fully saturated rings. The van der Waals surface area contributed by atoms with Crippen molar-refractivity contribution in [1.82, 2.24) is 0 Å². The highest BCUT2D eigenvalue weighted by Gasteiger charge is 2.09. The van der Waals surface area contributed by atoms with Gasteiger partial charge in [0.05, 0.1) is 0 Å². The van der Waals surface area contributed by atoms with Crippen molar-refractivity contribution in [3.8, 4) is 0 Å². The Hall–Kier alpha value is -1.09. The Morgan fingerprint density at radius 1 is 1.50 bits per heavy atom. The maximum atomic E-state index is 10.8. The van der Waals surface area contributed by atoms with Gasteiger partial charge in [-0.25, -0.2) is 0 Å². The van der Waals surface area contributed by atoms with Crippen LogP contribution in [0.2, 0.25) is 0 Å². The molecule has 74 valence electrons. The summed E-state index contributed by atoms with van der Waals surface area (Å²) in [6, 6.07) is 7.57. The molecule has 0 aliphatic rings. The number of halogens is 1. The minimum absolute atomic E-state index is 0.308. The lowest BCUT2D eigenvalue weighted by Crippen LogP contribution is -2.05. The molecule has 0 bridgehead atoms. The number of carbonyl (C=O) groups excluding carboxylic acids is 1. The molecule has 3 heteroatoms. The largest absolute Gasteiger partial charge is 0.453 e. The second-order valence-electron chi connectivity index (χ2n) is 2.82. The lowest BCUT2D eigenvalue weighted by molar-refractivity contribution is -0.144. The molecule has 0 saturated heterocycles. The second-order valence-corrected chi connectivity index (χ2v) is 3.73. The molecule has 0 radical (unpaired) electrons. The summed E-state index contributed by atoms with van der Waals surface area (Å²) in [5.74, 6) is -0.308. The second kappa shape index (κ2) is 4.96. The summed E-state index contributed by atoms with van der Waals surface area (Å²) in [4.78, 5) is 10.8. The van der Waals surface area contributed by atoms with E-state index in [0.717, 1.165) is 10.0 Å². The van der Waals surface area contributed by atoms with Gasteiger partial charge in [0.2, 0.25) is 0 Å². The Balaban J connectivity index is 2.84. The summed E-state index contributed by atoms with van der Waals surface area (Å²) < 4.78 is 6.05. The van der Waals surface area contributed by atoms with Gasteiger partial charge in [-0.3, -0.25) is 4.79 Å². The Morgan fingerprint density at radius 3 is 2.50 bits per heavy atom. The molecule has 0 aliphatic heterocycles. The first-order valence-electron chi connectivity index (χ1n) is 4.18. The zero-order chi connectivity index (χ0) is 10.6. The molecule has 0 aliphatic carbocycles. The van der Waals surface area contributed by atoms with Crippen LogP contribution in [0.25, 0.3) is 0 Å². The number of carbonyl (C=O) groups is 1. The fourth-order valence-electron chi connectivity index (χ4n) is 1.08. The van der Waals surface area contributed by atoms with Crippen LogP contribution in [0.5, 0.6) is 0 Å². The number of hydrogen-bond acceptors (Lipinski definition) is 2. The van der Waals surface area contributed by atoms with Crippen molar-refractivity contribution in [2.75, 3.05) is 0 Å². The number of hydrogen-bond donors (Lipinski definition) is 0. The van der Waals surface area contributed by atoms with Crippen molar-refractivity contribution < 1.29 is 9.53 Å². The Morgan fingerprint density at radius 2 is 2.07 bits per heavy atom. The average molecular weight is 255 g/mol. The fourth-order valence-corrected chi connectivity index (χ4v) is 1.35.